The van der Waals surface area contributed by atoms with E-state index in [-0.39, 0.29) is 11.9 Å². The van der Waals surface area contributed by atoms with E-state index in [1.54, 1.807) is 12.1 Å². The lowest BCUT2D eigenvalue weighted by molar-refractivity contribution is -0.118. The standard InChI is InChI=1S/C22H26ClN3O2/c23-19-12-10-17(11-13-19)16-25-22(28)24-14-4-3-9-21(27)26-15-5-7-18-6-1-2-8-20(18)26/h1-2,6,8,10-13H,3-5,7,9,14-16H2,(H2,24,25,28). The van der Waals surface area contributed by atoms with Crippen molar-refractivity contribution in [3.63, 3.8) is 0 Å². The lowest BCUT2D eigenvalue weighted by Gasteiger charge is -2.29. The number of carbonyl (C=O) groups excluding carboxylic acids is 2. The molecule has 2 aromatic carbocycles. The fourth-order valence-corrected chi connectivity index (χ4v) is 3.50. The molecule has 3 rings (SSSR count). The summed E-state index contributed by atoms with van der Waals surface area (Å²) in [5.41, 5.74) is 3.30. The van der Waals surface area contributed by atoms with Gasteiger partial charge in [-0.2, -0.15) is 0 Å². The summed E-state index contributed by atoms with van der Waals surface area (Å²) in [6.45, 7) is 1.80. The molecule has 0 atom stereocenters. The van der Waals surface area contributed by atoms with Gasteiger partial charge in [0.1, 0.15) is 0 Å². The fraction of sp³-hybridized carbons (Fsp3) is 0.364. The number of fused-ring (bicyclic) bond motifs is 1. The molecule has 0 aliphatic carbocycles. The molecule has 1 aliphatic rings. The second kappa shape index (κ2) is 10.1. The summed E-state index contributed by atoms with van der Waals surface area (Å²) in [4.78, 5) is 26.3. The number of carbonyl (C=O) groups is 2. The zero-order valence-corrected chi connectivity index (χ0v) is 16.7. The van der Waals surface area contributed by atoms with Crippen molar-refractivity contribution in [1.82, 2.24) is 10.6 Å². The molecule has 2 N–H and O–H groups in total. The van der Waals surface area contributed by atoms with Gasteiger partial charge in [0.2, 0.25) is 5.91 Å². The topological polar surface area (TPSA) is 61.4 Å². The molecule has 1 aliphatic heterocycles. The minimum atomic E-state index is -0.203. The monoisotopic (exact) mass is 399 g/mol. The van der Waals surface area contributed by atoms with Crippen molar-refractivity contribution in [3.05, 3.63) is 64.7 Å². The van der Waals surface area contributed by atoms with E-state index in [0.717, 1.165) is 43.5 Å². The summed E-state index contributed by atoms with van der Waals surface area (Å²) >= 11 is 5.84. The summed E-state index contributed by atoms with van der Waals surface area (Å²) in [5.74, 6) is 0.166. The number of rotatable bonds is 7. The fourth-order valence-electron chi connectivity index (χ4n) is 3.38. The molecule has 5 nitrogen and oxygen atoms in total. The Hall–Kier alpha value is -2.53. The first-order valence-electron chi connectivity index (χ1n) is 9.78. The van der Waals surface area contributed by atoms with E-state index in [0.29, 0.717) is 24.5 Å². The molecule has 0 bridgehead atoms. The minimum Gasteiger partial charge on any atom is -0.338 e. The van der Waals surface area contributed by atoms with Gasteiger partial charge < -0.3 is 15.5 Å². The second-order valence-corrected chi connectivity index (χ2v) is 7.41. The summed E-state index contributed by atoms with van der Waals surface area (Å²) in [7, 11) is 0. The lowest BCUT2D eigenvalue weighted by atomic mass is 10.0. The molecule has 0 unspecified atom stereocenters. The Labute approximate surface area is 171 Å². The van der Waals surface area contributed by atoms with Gasteiger partial charge in [-0.3, -0.25) is 4.79 Å². The smallest absolute Gasteiger partial charge is 0.315 e. The van der Waals surface area contributed by atoms with Crippen LogP contribution in [0.5, 0.6) is 0 Å². The first kappa shape index (κ1) is 20.2. The third-order valence-corrected chi connectivity index (χ3v) is 5.13. The quantitative estimate of drug-likeness (QED) is 0.682. The molecule has 2 aromatic rings. The van der Waals surface area contributed by atoms with Crippen LogP contribution in [0.25, 0.3) is 0 Å². The maximum absolute atomic E-state index is 12.6. The molecule has 28 heavy (non-hydrogen) atoms. The summed E-state index contributed by atoms with van der Waals surface area (Å²) in [6.07, 6.45) is 4.08. The number of hydrogen-bond donors (Lipinski definition) is 2. The van der Waals surface area contributed by atoms with Crippen LogP contribution in [0, 0.1) is 0 Å². The van der Waals surface area contributed by atoms with E-state index in [4.69, 9.17) is 11.6 Å². The van der Waals surface area contributed by atoms with Gasteiger partial charge in [-0.25, -0.2) is 4.79 Å². The van der Waals surface area contributed by atoms with E-state index >= 15 is 0 Å². The number of para-hydroxylation sites is 1. The maximum atomic E-state index is 12.6. The zero-order valence-electron chi connectivity index (χ0n) is 15.9. The van der Waals surface area contributed by atoms with Crippen molar-refractivity contribution in [1.29, 1.82) is 0 Å². The first-order valence-corrected chi connectivity index (χ1v) is 10.2. The third-order valence-electron chi connectivity index (χ3n) is 4.88. The van der Waals surface area contributed by atoms with Crippen molar-refractivity contribution < 1.29 is 9.59 Å². The average Bonchev–Trinajstić information content (AvgIpc) is 2.72. The Bertz CT molecular complexity index is 808. The molecule has 6 heteroatoms. The van der Waals surface area contributed by atoms with Gasteiger partial charge >= 0.3 is 6.03 Å². The van der Waals surface area contributed by atoms with Crippen molar-refractivity contribution in [2.75, 3.05) is 18.0 Å². The van der Waals surface area contributed by atoms with Gasteiger partial charge in [-0.05, 0) is 55.0 Å². The summed E-state index contributed by atoms with van der Waals surface area (Å²) in [6, 6.07) is 15.3. The Morgan fingerprint density at radius 3 is 2.61 bits per heavy atom. The summed E-state index contributed by atoms with van der Waals surface area (Å²) < 4.78 is 0. The minimum absolute atomic E-state index is 0.166. The number of hydrogen-bond acceptors (Lipinski definition) is 2. The van der Waals surface area contributed by atoms with Crippen molar-refractivity contribution >= 4 is 29.2 Å². The third kappa shape index (κ3) is 5.73. The molecule has 0 spiro atoms. The molecular weight excluding hydrogens is 374 g/mol. The van der Waals surface area contributed by atoms with Crippen LogP contribution in [0.3, 0.4) is 0 Å². The second-order valence-electron chi connectivity index (χ2n) is 6.97. The number of anilines is 1. The van der Waals surface area contributed by atoms with Crippen LogP contribution in [0.15, 0.2) is 48.5 Å². The van der Waals surface area contributed by atoms with Crippen molar-refractivity contribution in [3.8, 4) is 0 Å². The van der Waals surface area contributed by atoms with Crippen LogP contribution < -0.4 is 15.5 Å². The van der Waals surface area contributed by atoms with E-state index in [9.17, 15) is 9.59 Å². The predicted molar refractivity (Wildman–Crippen MR) is 113 cm³/mol. The van der Waals surface area contributed by atoms with Crippen molar-refractivity contribution in [2.45, 2.75) is 38.6 Å². The number of unbranched alkanes of at least 4 members (excludes halogenated alkanes) is 1. The van der Waals surface area contributed by atoms with Crippen LogP contribution in [-0.2, 0) is 17.8 Å². The van der Waals surface area contributed by atoms with Crippen molar-refractivity contribution in [2.24, 2.45) is 0 Å². The van der Waals surface area contributed by atoms with E-state index in [1.807, 2.05) is 35.2 Å². The van der Waals surface area contributed by atoms with E-state index < -0.39 is 0 Å². The predicted octanol–water partition coefficient (Wildman–Crippen LogP) is 4.29. The van der Waals surface area contributed by atoms with Crippen LogP contribution in [0.1, 0.15) is 36.8 Å². The SMILES string of the molecule is O=C(NCCCCC(=O)N1CCCc2ccccc21)NCc1ccc(Cl)cc1. The normalized spacial score (nSPS) is 13.0. The molecule has 0 saturated heterocycles. The number of amides is 3. The van der Waals surface area contributed by atoms with Gasteiger partial charge in [0.05, 0.1) is 0 Å². The molecule has 148 valence electrons. The highest BCUT2D eigenvalue weighted by atomic mass is 35.5. The Morgan fingerprint density at radius 1 is 1.00 bits per heavy atom. The van der Waals surface area contributed by atoms with E-state index in [1.165, 1.54) is 5.56 Å². The number of halogens is 1. The molecule has 3 amide bonds. The average molecular weight is 400 g/mol. The number of aryl methyl sites for hydroxylation is 1. The molecule has 1 heterocycles. The highest BCUT2D eigenvalue weighted by Gasteiger charge is 2.21. The van der Waals surface area contributed by atoms with Crippen LogP contribution in [0.2, 0.25) is 5.02 Å². The number of benzene rings is 2. The molecular formula is C22H26ClN3O2. The summed E-state index contributed by atoms with van der Waals surface area (Å²) in [5, 5.41) is 6.32. The van der Waals surface area contributed by atoms with Gasteiger partial charge in [-0.1, -0.05) is 41.9 Å². The highest BCUT2D eigenvalue weighted by molar-refractivity contribution is 6.30. The molecule has 0 fully saturated rings. The Balaban J connectivity index is 1.32. The van der Waals surface area contributed by atoms with Crippen LogP contribution >= 0.6 is 11.6 Å². The van der Waals surface area contributed by atoms with Crippen LogP contribution in [0.4, 0.5) is 10.5 Å². The Kier molecular flexibility index (Phi) is 7.31. The van der Waals surface area contributed by atoms with Gasteiger partial charge in [-0.15, -0.1) is 0 Å². The van der Waals surface area contributed by atoms with E-state index in [2.05, 4.69) is 16.7 Å². The lowest BCUT2D eigenvalue weighted by Crippen LogP contribution is -2.36. The van der Waals surface area contributed by atoms with Gasteiger partial charge in [0.15, 0.2) is 0 Å². The largest absolute Gasteiger partial charge is 0.338 e. The zero-order chi connectivity index (χ0) is 19.8. The van der Waals surface area contributed by atoms with Gasteiger partial charge in [0.25, 0.3) is 0 Å². The number of nitrogens with zero attached hydrogens (tertiary/aromatic N) is 1. The Morgan fingerprint density at radius 2 is 1.79 bits per heavy atom. The molecule has 0 radical (unpaired) electrons. The van der Waals surface area contributed by atoms with Crippen LogP contribution in [-0.4, -0.2) is 25.0 Å². The first-order chi connectivity index (χ1) is 13.6. The highest BCUT2D eigenvalue weighted by Crippen LogP contribution is 2.27. The maximum Gasteiger partial charge on any atom is 0.315 e. The number of urea groups is 1. The number of nitrogens with one attached hydrogen (secondary N) is 2. The molecule has 0 saturated carbocycles. The molecule has 0 aromatic heterocycles. The van der Waals surface area contributed by atoms with Gasteiger partial charge in [0, 0.05) is 36.8 Å².